The van der Waals surface area contributed by atoms with Crippen molar-refractivity contribution in [1.82, 2.24) is 4.98 Å². The molecule has 1 aliphatic heterocycles. The Labute approximate surface area is 153 Å². The number of aromatic nitrogens is 1. The van der Waals surface area contributed by atoms with Crippen molar-refractivity contribution in [2.45, 2.75) is 11.8 Å². The van der Waals surface area contributed by atoms with Crippen molar-refractivity contribution in [2.75, 3.05) is 17.9 Å². The van der Waals surface area contributed by atoms with Gasteiger partial charge < -0.3 is 9.47 Å². The Kier molecular flexibility index (Phi) is 4.04. The third kappa shape index (κ3) is 2.99. The number of amides is 1. The van der Waals surface area contributed by atoms with E-state index in [0.29, 0.717) is 22.1 Å². The summed E-state index contributed by atoms with van der Waals surface area (Å²) >= 11 is 1.30. The maximum atomic E-state index is 12.5. The second-order valence-electron chi connectivity index (χ2n) is 5.58. The number of rotatable bonds is 4. The van der Waals surface area contributed by atoms with Gasteiger partial charge in [0.15, 0.2) is 26.5 Å². The molecule has 0 atom stereocenters. The Balaban J connectivity index is 1.60. The normalized spacial score (nSPS) is 13.1. The van der Waals surface area contributed by atoms with Gasteiger partial charge in [-0.25, -0.2) is 13.4 Å². The second kappa shape index (κ2) is 6.26. The van der Waals surface area contributed by atoms with Crippen LogP contribution in [0.3, 0.4) is 0 Å². The van der Waals surface area contributed by atoms with E-state index in [1.165, 1.54) is 23.5 Å². The van der Waals surface area contributed by atoms with E-state index in [2.05, 4.69) is 10.3 Å². The van der Waals surface area contributed by atoms with Gasteiger partial charge >= 0.3 is 0 Å². The minimum Gasteiger partial charge on any atom is -0.454 e. The molecule has 26 heavy (non-hydrogen) atoms. The molecule has 134 valence electrons. The average Bonchev–Trinajstić information content (AvgIpc) is 3.24. The Bertz CT molecular complexity index is 1080. The number of carbonyl (C=O) groups excluding carboxylic acids is 1. The first-order valence-electron chi connectivity index (χ1n) is 7.80. The lowest BCUT2D eigenvalue weighted by Crippen LogP contribution is -2.13. The molecule has 1 N–H and O–H groups in total. The van der Waals surface area contributed by atoms with Crippen molar-refractivity contribution >= 4 is 42.4 Å². The van der Waals surface area contributed by atoms with Gasteiger partial charge in [-0.1, -0.05) is 24.3 Å². The fourth-order valence-electron chi connectivity index (χ4n) is 2.54. The van der Waals surface area contributed by atoms with Crippen molar-refractivity contribution in [3.05, 3.63) is 42.0 Å². The van der Waals surface area contributed by atoms with E-state index in [4.69, 9.17) is 9.47 Å². The first-order valence-corrected chi connectivity index (χ1v) is 10.3. The van der Waals surface area contributed by atoms with Crippen LogP contribution in [0.25, 0.3) is 10.2 Å². The van der Waals surface area contributed by atoms with Crippen LogP contribution in [0, 0.1) is 0 Å². The highest BCUT2D eigenvalue weighted by Gasteiger charge is 2.18. The van der Waals surface area contributed by atoms with E-state index in [1.807, 2.05) is 6.07 Å². The molecule has 0 spiro atoms. The van der Waals surface area contributed by atoms with E-state index in [1.54, 1.807) is 25.1 Å². The number of nitrogens with one attached hydrogen (secondary N) is 1. The summed E-state index contributed by atoms with van der Waals surface area (Å²) < 4.78 is 35.5. The predicted molar refractivity (Wildman–Crippen MR) is 97.9 cm³/mol. The Morgan fingerprint density at radius 2 is 2.00 bits per heavy atom. The standard InChI is InChI=1S/C17H14N2O5S2/c1-2-26(21,22)11-5-3-4-10(6-11)16(20)19-17-18-12-7-13-14(24-9-23-13)8-15(12)25-17/h3-8H,2,9H2,1H3,(H,18,19,20). The second-order valence-corrected chi connectivity index (χ2v) is 8.89. The van der Waals surface area contributed by atoms with Crippen LogP contribution in [0.2, 0.25) is 0 Å². The topological polar surface area (TPSA) is 94.6 Å². The molecule has 0 aliphatic carbocycles. The maximum Gasteiger partial charge on any atom is 0.257 e. The zero-order valence-electron chi connectivity index (χ0n) is 13.7. The molecule has 2 aromatic carbocycles. The van der Waals surface area contributed by atoms with Crippen LogP contribution >= 0.6 is 11.3 Å². The van der Waals surface area contributed by atoms with Crippen LogP contribution in [0.4, 0.5) is 5.13 Å². The number of thiazole rings is 1. The van der Waals surface area contributed by atoms with E-state index in [0.717, 1.165) is 4.70 Å². The Hall–Kier alpha value is -2.65. The fourth-order valence-corrected chi connectivity index (χ4v) is 4.34. The number of fused-ring (bicyclic) bond motifs is 2. The number of hydrogen-bond donors (Lipinski definition) is 1. The summed E-state index contributed by atoms with van der Waals surface area (Å²) in [5.41, 5.74) is 0.949. The Morgan fingerprint density at radius 3 is 2.77 bits per heavy atom. The highest BCUT2D eigenvalue weighted by Crippen LogP contribution is 2.39. The van der Waals surface area contributed by atoms with Crippen LogP contribution in [-0.2, 0) is 9.84 Å². The largest absolute Gasteiger partial charge is 0.454 e. The quantitative estimate of drug-likeness (QED) is 0.736. The summed E-state index contributed by atoms with van der Waals surface area (Å²) in [6, 6.07) is 9.55. The molecular formula is C17H14N2O5S2. The number of benzene rings is 2. The smallest absolute Gasteiger partial charge is 0.257 e. The third-order valence-corrected chi connectivity index (χ3v) is 6.60. The average molecular weight is 390 g/mol. The molecule has 0 unspecified atom stereocenters. The van der Waals surface area contributed by atoms with Crippen molar-refractivity contribution in [2.24, 2.45) is 0 Å². The molecule has 7 nitrogen and oxygen atoms in total. The van der Waals surface area contributed by atoms with Crippen molar-refractivity contribution in [3.63, 3.8) is 0 Å². The minimum atomic E-state index is -3.37. The molecule has 2 heterocycles. The van der Waals surface area contributed by atoms with Gasteiger partial charge in [0.2, 0.25) is 6.79 Å². The monoisotopic (exact) mass is 390 g/mol. The molecular weight excluding hydrogens is 376 g/mol. The summed E-state index contributed by atoms with van der Waals surface area (Å²) in [5.74, 6) is 0.831. The highest BCUT2D eigenvalue weighted by molar-refractivity contribution is 7.91. The lowest BCUT2D eigenvalue weighted by Gasteiger charge is -2.05. The number of carbonyl (C=O) groups is 1. The summed E-state index contributed by atoms with van der Waals surface area (Å²) in [5, 5.41) is 3.13. The number of nitrogens with zero attached hydrogens (tertiary/aromatic N) is 1. The molecule has 4 rings (SSSR count). The van der Waals surface area contributed by atoms with Crippen LogP contribution in [0.5, 0.6) is 11.5 Å². The molecule has 0 fully saturated rings. The van der Waals surface area contributed by atoms with Gasteiger partial charge in [-0.3, -0.25) is 10.1 Å². The molecule has 0 bridgehead atoms. The first-order chi connectivity index (χ1) is 12.5. The molecule has 1 amide bonds. The Morgan fingerprint density at radius 1 is 1.23 bits per heavy atom. The van der Waals surface area contributed by atoms with Gasteiger partial charge in [0.05, 0.1) is 20.9 Å². The highest BCUT2D eigenvalue weighted by atomic mass is 32.2. The molecule has 1 aliphatic rings. The zero-order chi connectivity index (χ0) is 18.3. The van der Waals surface area contributed by atoms with E-state index < -0.39 is 15.7 Å². The molecule has 1 aromatic heterocycles. The van der Waals surface area contributed by atoms with Gasteiger partial charge in [-0.2, -0.15) is 0 Å². The summed E-state index contributed by atoms with van der Waals surface area (Å²) in [7, 11) is -3.37. The fraction of sp³-hybridized carbons (Fsp3) is 0.176. The molecule has 0 radical (unpaired) electrons. The third-order valence-electron chi connectivity index (χ3n) is 3.94. The number of anilines is 1. The van der Waals surface area contributed by atoms with Gasteiger partial charge in [0.25, 0.3) is 5.91 Å². The number of ether oxygens (including phenoxy) is 2. The molecule has 0 saturated heterocycles. The lowest BCUT2D eigenvalue weighted by molar-refractivity contribution is 0.102. The van der Waals surface area contributed by atoms with E-state index in [-0.39, 0.29) is 23.0 Å². The first kappa shape index (κ1) is 16.8. The SMILES string of the molecule is CCS(=O)(=O)c1cccc(C(=O)Nc2nc3cc4c(cc3s2)OCO4)c1. The summed E-state index contributed by atoms with van der Waals surface area (Å²) in [6.45, 7) is 1.75. The molecule has 3 aromatic rings. The van der Waals surface area contributed by atoms with E-state index in [9.17, 15) is 13.2 Å². The van der Waals surface area contributed by atoms with Crippen LogP contribution in [-0.4, -0.2) is 31.9 Å². The van der Waals surface area contributed by atoms with Crippen LogP contribution in [0.1, 0.15) is 17.3 Å². The van der Waals surface area contributed by atoms with Crippen molar-refractivity contribution in [3.8, 4) is 11.5 Å². The van der Waals surface area contributed by atoms with Crippen molar-refractivity contribution in [1.29, 1.82) is 0 Å². The van der Waals surface area contributed by atoms with Crippen LogP contribution in [0.15, 0.2) is 41.3 Å². The van der Waals surface area contributed by atoms with Gasteiger partial charge in [0.1, 0.15) is 0 Å². The predicted octanol–water partition coefficient (Wildman–Crippen LogP) is 3.07. The number of hydrogen-bond acceptors (Lipinski definition) is 7. The van der Waals surface area contributed by atoms with Gasteiger partial charge in [-0.05, 0) is 18.2 Å². The van der Waals surface area contributed by atoms with Crippen LogP contribution < -0.4 is 14.8 Å². The van der Waals surface area contributed by atoms with E-state index >= 15 is 0 Å². The molecule has 0 saturated carbocycles. The number of sulfone groups is 1. The van der Waals surface area contributed by atoms with Crippen molar-refractivity contribution < 1.29 is 22.7 Å². The minimum absolute atomic E-state index is 0.0231. The van der Waals surface area contributed by atoms with Gasteiger partial charge in [-0.15, -0.1) is 0 Å². The lowest BCUT2D eigenvalue weighted by atomic mass is 10.2. The summed E-state index contributed by atoms with van der Waals surface area (Å²) in [4.78, 5) is 17.0. The molecule has 9 heteroatoms. The summed E-state index contributed by atoms with van der Waals surface area (Å²) in [6.07, 6.45) is 0. The maximum absolute atomic E-state index is 12.5. The van der Waals surface area contributed by atoms with Gasteiger partial charge in [0, 0.05) is 17.7 Å². The zero-order valence-corrected chi connectivity index (χ0v) is 15.3.